The van der Waals surface area contributed by atoms with E-state index in [0.29, 0.717) is 26.2 Å². The summed E-state index contributed by atoms with van der Waals surface area (Å²) in [7, 11) is -0.140. The molecular weight excluding hydrogens is 244 g/mol. The molecule has 1 heterocycles. The molecule has 0 aliphatic carbocycles. The summed E-state index contributed by atoms with van der Waals surface area (Å²) in [5, 5.41) is 3.08. The summed E-state index contributed by atoms with van der Waals surface area (Å²) in [4.78, 5) is 12.7. The van der Waals surface area contributed by atoms with E-state index >= 15 is 0 Å². The van der Waals surface area contributed by atoms with E-state index in [9.17, 15) is 13.2 Å². The molecule has 100 valence electrons. The first-order valence-corrected chi connectivity index (χ1v) is 7.03. The van der Waals surface area contributed by atoms with E-state index in [1.165, 1.54) is 9.21 Å². The fourth-order valence-corrected chi connectivity index (χ4v) is 2.69. The lowest BCUT2D eigenvalue weighted by atomic mass is 10.4. The van der Waals surface area contributed by atoms with Gasteiger partial charge >= 0.3 is 0 Å². The molecule has 0 radical (unpaired) electrons. The molecule has 8 heteroatoms. The largest absolute Gasteiger partial charge is 0.349 e. The molecule has 0 unspecified atom stereocenters. The Morgan fingerprint density at radius 1 is 1.35 bits per heavy atom. The highest BCUT2D eigenvalue weighted by molar-refractivity contribution is 7.87. The maximum atomic E-state index is 11.8. The minimum absolute atomic E-state index is 0.0898. The number of hydrogen-bond acceptors (Lipinski definition) is 4. The van der Waals surface area contributed by atoms with E-state index in [1.807, 2.05) is 0 Å². The van der Waals surface area contributed by atoms with Crippen LogP contribution in [-0.4, -0.2) is 70.3 Å². The summed E-state index contributed by atoms with van der Waals surface area (Å²) >= 11 is 0. The van der Waals surface area contributed by atoms with Gasteiger partial charge in [0.15, 0.2) is 0 Å². The number of rotatable bonds is 5. The smallest absolute Gasteiger partial charge is 0.279 e. The monoisotopic (exact) mass is 264 g/mol. The van der Waals surface area contributed by atoms with Crippen LogP contribution in [0, 0.1) is 0 Å². The molecule has 1 aliphatic heterocycles. The average molecular weight is 264 g/mol. The van der Waals surface area contributed by atoms with Crippen LogP contribution in [0.25, 0.3) is 0 Å². The number of nitrogens with one attached hydrogen (secondary N) is 2. The molecule has 0 atom stereocenters. The van der Waals surface area contributed by atoms with Crippen LogP contribution >= 0.6 is 0 Å². The second kappa shape index (κ2) is 6.29. The SMILES string of the molecule is CN(C)C(=O)CCNS(=O)(=O)N1CCNCC1. The summed E-state index contributed by atoms with van der Waals surface area (Å²) in [5.74, 6) is -0.0898. The fourth-order valence-electron chi connectivity index (χ4n) is 1.49. The van der Waals surface area contributed by atoms with E-state index in [2.05, 4.69) is 10.0 Å². The predicted molar refractivity (Wildman–Crippen MR) is 64.7 cm³/mol. The molecular formula is C9H20N4O3S. The van der Waals surface area contributed by atoms with E-state index in [1.54, 1.807) is 14.1 Å². The summed E-state index contributed by atoms with van der Waals surface area (Å²) in [6.45, 7) is 2.41. The minimum Gasteiger partial charge on any atom is -0.349 e. The second-order valence-electron chi connectivity index (χ2n) is 4.09. The van der Waals surface area contributed by atoms with Crippen molar-refractivity contribution in [3.63, 3.8) is 0 Å². The van der Waals surface area contributed by atoms with Crippen LogP contribution in [0.5, 0.6) is 0 Å². The summed E-state index contributed by atoms with van der Waals surface area (Å²) in [6.07, 6.45) is 0.179. The maximum absolute atomic E-state index is 11.8. The van der Waals surface area contributed by atoms with Gasteiger partial charge in [0.05, 0.1) is 0 Å². The Kier molecular flexibility index (Phi) is 5.31. The van der Waals surface area contributed by atoms with Gasteiger partial charge in [0, 0.05) is 53.2 Å². The van der Waals surface area contributed by atoms with E-state index in [-0.39, 0.29) is 18.9 Å². The Hall–Kier alpha value is -0.700. The number of nitrogens with zero attached hydrogens (tertiary/aromatic N) is 2. The average Bonchev–Trinajstić information content (AvgIpc) is 2.29. The third-order valence-electron chi connectivity index (χ3n) is 2.54. The third kappa shape index (κ3) is 4.58. The van der Waals surface area contributed by atoms with Crippen LogP contribution in [0.15, 0.2) is 0 Å². The Balaban J connectivity index is 2.36. The number of amides is 1. The molecule has 1 saturated heterocycles. The van der Waals surface area contributed by atoms with Gasteiger partial charge in [0.25, 0.3) is 10.2 Å². The molecule has 0 aromatic carbocycles. The zero-order valence-corrected chi connectivity index (χ0v) is 11.1. The zero-order chi connectivity index (χ0) is 12.9. The lowest BCUT2D eigenvalue weighted by Gasteiger charge is -2.26. The Labute approximate surface area is 102 Å². The first-order chi connectivity index (χ1) is 7.93. The van der Waals surface area contributed by atoms with Gasteiger partial charge in [-0.25, -0.2) is 4.72 Å². The Bertz CT molecular complexity index is 349. The molecule has 0 aromatic heterocycles. The highest BCUT2D eigenvalue weighted by Gasteiger charge is 2.23. The molecule has 2 N–H and O–H groups in total. The number of carbonyl (C=O) groups is 1. The highest BCUT2D eigenvalue weighted by atomic mass is 32.2. The van der Waals surface area contributed by atoms with Crippen molar-refractivity contribution < 1.29 is 13.2 Å². The van der Waals surface area contributed by atoms with Crippen molar-refractivity contribution >= 4 is 16.1 Å². The zero-order valence-electron chi connectivity index (χ0n) is 10.3. The maximum Gasteiger partial charge on any atom is 0.279 e. The first-order valence-electron chi connectivity index (χ1n) is 5.59. The van der Waals surface area contributed by atoms with Crippen LogP contribution in [0.2, 0.25) is 0 Å². The molecule has 0 spiro atoms. The van der Waals surface area contributed by atoms with Gasteiger partial charge in [-0.05, 0) is 0 Å². The molecule has 0 saturated carbocycles. The van der Waals surface area contributed by atoms with E-state index in [0.717, 1.165) is 0 Å². The van der Waals surface area contributed by atoms with E-state index in [4.69, 9.17) is 0 Å². The molecule has 1 aliphatic rings. The van der Waals surface area contributed by atoms with E-state index < -0.39 is 10.2 Å². The van der Waals surface area contributed by atoms with Gasteiger partial charge in [-0.1, -0.05) is 0 Å². The van der Waals surface area contributed by atoms with Gasteiger partial charge in [0.1, 0.15) is 0 Å². The van der Waals surface area contributed by atoms with Crippen LogP contribution < -0.4 is 10.0 Å². The lowest BCUT2D eigenvalue weighted by molar-refractivity contribution is -0.128. The molecule has 1 fully saturated rings. The molecule has 7 nitrogen and oxygen atoms in total. The van der Waals surface area contributed by atoms with Crippen LogP contribution in [0.1, 0.15) is 6.42 Å². The van der Waals surface area contributed by atoms with Crippen molar-refractivity contribution in [3.05, 3.63) is 0 Å². The topological polar surface area (TPSA) is 81.8 Å². The van der Waals surface area contributed by atoms with Gasteiger partial charge in [-0.3, -0.25) is 4.79 Å². The van der Waals surface area contributed by atoms with Crippen molar-refractivity contribution in [1.82, 2.24) is 19.2 Å². The predicted octanol–water partition coefficient (Wildman–Crippen LogP) is -1.80. The molecule has 1 amide bonds. The van der Waals surface area contributed by atoms with Crippen LogP contribution in [0.3, 0.4) is 0 Å². The summed E-state index contributed by atoms with van der Waals surface area (Å²) in [6, 6.07) is 0. The Morgan fingerprint density at radius 2 is 1.94 bits per heavy atom. The van der Waals surface area contributed by atoms with Gasteiger partial charge in [-0.2, -0.15) is 12.7 Å². The molecule has 0 aromatic rings. The summed E-state index contributed by atoms with van der Waals surface area (Å²) < 4.78 is 27.4. The van der Waals surface area contributed by atoms with Crippen molar-refractivity contribution in [3.8, 4) is 0 Å². The second-order valence-corrected chi connectivity index (χ2v) is 5.84. The molecule has 1 rings (SSSR count). The Morgan fingerprint density at radius 3 is 2.47 bits per heavy atom. The quantitative estimate of drug-likeness (QED) is 0.614. The molecule has 0 bridgehead atoms. The number of hydrogen-bond donors (Lipinski definition) is 2. The van der Waals surface area contributed by atoms with Crippen molar-refractivity contribution in [2.24, 2.45) is 0 Å². The standard InChI is InChI=1S/C9H20N4O3S/c1-12(2)9(14)3-4-11-17(15,16)13-7-5-10-6-8-13/h10-11H,3-8H2,1-2H3. The number of carbonyl (C=O) groups excluding carboxylic acids is 1. The highest BCUT2D eigenvalue weighted by Crippen LogP contribution is 1.99. The fraction of sp³-hybridized carbons (Fsp3) is 0.889. The van der Waals surface area contributed by atoms with Crippen molar-refractivity contribution in [1.29, 1.82) is 0 Å². The third-order valence-corrected chi connectivity index (χ3v) is 4.15. The molecule has 17 heavy (non-hydrogen) atoms. The first kappa shape index (κ1) is 14.4. The van der Waals surface area contributed by atoms with Gasteiger partial charge in [-0.15, -0.1) is 0 Å². The lowest BCUT2D eigenvalue weighted by Crippen LogP contribution is -2.50. The van der Waals surface area contributed by atoms with Gasteiger partial charge in [0.2, 0.25) is 5.91 Å². The van der Waals surface area contributed by atoms with Crippen LogP contribution in [-0.2, 0) is 15.0 Å². The normalized spacial score (nSPS) is 18.0. The minimum atomic E-state index is -3.43. The van der Waals surface area contributed by atoms with Gasteiger partial charge < -0.3 is 10.2 Å². The van der Waals surface area contributed by atoms with Crippen LogP contribution in [0.4, 0.5) is 0 Å². The van der Waals surface area contributed by atoms with Crippen molar-refractivity contribution in [2.75, 3.05) is 46.8 Å². The number of piperazine rings is 1. The van der Waals surface area contributed by atoms with Crippen molar-refractivity contribution in [2.45, 2.75) is 6.42 Å². The summed E-state index contributed by atoms with van der Waals surface area (Å²) in [5.41, 5.74) is 0.